The van der Waals surface area contributed by atoms with Crippen LogP contribution in [0.3, 0.4) is 0 Å². The molecule has 118 valence electrons. The molecule has 2 aromatic carbocycles. The molecule has 0 saturated heterocycles. The molecule has 0 aliphatic rings. The zero-order valence-electron chi connectivity index (χ0n) is 12.8. The number of hydrogen-bond donors (Lipinski definition) is 3. The number of benzene rings is 2. The van der Waals surface area contributed by atoms with Gasteiger partial charge in [0.15, 0.2) is 0 Å². The van der Waals surface area contributed by atoms with E-state index in [1.54, 1.807) is 6.07 Å². The molecule has 0 saturated carbocycles. The minimum atomic E-state index is -1.02. The van der Waals surface area contributed by atoms with Crippen molar-refractivity contribution in [1.29, 1.82) is 0 Å². The van der Waals surface area contributed by atoms with Gasteiger partial charge in [0.05, 0.1) is 17.8 Å². The summed E-state index contributed by atoms with van der Waals surface area (Å²) in [4.78, 5) is 19.1. The first-order valence-electron chi connectivity index (χ1n) is 7.65. The number of fused-ring (bicyclic) bond motifs is 3. The van der Waals surface area contributed by atoms with Gasteiger partial charge in [-0.1, -0.05) is 36.4 Å². The van der Waals surface area contributed by atoms with E-state index in [4.69, 9.17) is 0 Å². The molecule has 5 heteroatoms. The molecule has 0 unspecified atom stereocenters. The number of hydrogen-bond acceptors (Lipinski definition) is 3. The van der Waals surface area contributed by atoms with E-state index in [1.807, 2.05) is 54.6 Å². The summed E-state index contributed by atoms with van der Waals surface area (Å²) in [5.41, 5.74) is 3.54. The number of aromatic amines is 1. The maximum absolute atomic E-state index is 11.4. The maximum Gasteiger partial charge on any atom is 0.354 e. The Morgan fingerprint density at radius 2 is 1.79 bits per heavy atom. The third-order valence-corrected chi connectivity index (χ3v) is 4.02. The van der Waals surface area contributed by atoms with Crippen molar-refractivity contribution in [2.45, 2.75) is 6.54 Å². The SMILES string of the molecule is O=C(O)c1cc2c([nH]c3ccccc32)c(CNc2ccccc2)n1. The largest absolute Gasteiger partial charge is 0.477 e. The Hall–Kier alpha value is -3.34. The lowest BCUT2D eigenvalue weighted by Gasteiger charge is -2.08. The summed E-state index contributed by atoms with van der Waals surface area (Å²) in [7, 11) is 0. The molecule has 2 heterocycles. The second-order valence-electron chi connectivity index (χ2n) is 5.57. The van der Waals surface area contributed by atoms with Crippen molar-refractivity contribution in [1.82, 2.24) is 9.97 Å². The van der Waals surface area contributed by atoms with Crippen LogP contribution < -0.4 is 5.32 Å². The normalized spacial score (nSPS) is 11.0. The molecular formula is C19H15N3O2. The molecule has 0 fully saturated rings. The number of carboxylic acid groups (broad SMARTS) is 1. The zero-order chi connectivity index (χ0) is 16.5. The average molecular weight is 317 g/mol. The van der Waals surface area contributed by atoms with Crippen LogP contribution in [0.1, 0.15) is 16.2 Å². The van der Waals surface area contributed by atoms with E-state index >= 15 is 0 Å². The van der Waals surface area contributed by atoms with Crippen LogP contribution in [-0.2, 0) is 6.54 Å². The first-order chi connectivity index (χ1) is 11.7. The summed E-state index contributed by atoms with van der Waals surface area (Å²) < 4.78 is 0. The Balaban J connectivity index is 1.84. The van der Waals surface area contributed by atoms with Crippen molar-refractivity contribution in [3.63, 3.8) is 0 Å². The van der Waals surface area contributed by atoms with Gasteiger partial charge in [-0.3, -0.25) is 0 Å². The number of aromatic nitrogens is 2. The van der Waals surface area contributed by atoms with Crippen LogP contribution >= 0.6 is 0 Å². The van der Waals surface area contributed by atoms with Gasteiger partial charge in [-0.05, 0) is 24.3 Å². The van der Waals surface area contributed by atoms with Crippen LogP contribution in [0.25, 0.3) is 21.8 Å². The molecule has 0 radical (unpaired) electrons. The number of anilines is 1. The van der Waals surface area contributed by atoms with Crippen LogP contribution in [-0.4, -0.2) is 21.0 Å². The van der Waals surface area contributed by atoms with Crippen LogP contribution in [0.2, 0.25) is 0 Å². The Morgan fingerprint density at radius 1 is 1.04 bits per heavy atom. The quantitative estimate of drug-likeness (QED) is 0.531. The van der Waals surface area contributed by atoms with Gasteiger partial charge in [0, 0.05) is 22.0 Å². The second-order valence-corrected chi connectivity index (χ2v) is 5.57. The van der Waals surface area contributed by atoms with E-state index in [0.29, 0.717) is 12.2 Å². The van der Waals surface area contributed by atoms with Gasteiger partial charge in [0.2, 0.25) is 0 Å². The van der Waals surface area contributed by atoms with E-state index < -0.39 is 5.97 Å². The Labute approximate surface area is 138 Å². The maximum atomic E-state index is 11.4. The van der Waals surface area contributed by atoms with Gasteiger partial charge in [0.1, 0.15) is 5.69 Å². The molecule has 0 aliphatic carbocycles. The fourth-order valence-electron chi connectivity index (χ4n) is 2.89. The highest BCUT2D eigenvalue weighted by molar-refractivity contribution is 6.09. The van der Waals surface area contributed by atoms with Crippen molar-refractivity contribution in [2.75, 3.05) is 5.32 Å². The lowest BCUT2D eigenvalue weighted by molar-refractivity contribution is 0.0690. The first-order valence-corrected chi connectivity index (χ1v) is 7.65. The van der Waals surface area contributed by atoms with Crippen molar-refractivity contribution < 1.29 is 9.90 Å². The predicted molar refractivity (Wildman–Crippen MR) is 94.3 cm³/mol. The molecule has 0 aliphatic heterocycles. The number of rotatable bonds is 4. The highest BCUT2D eigenvalue weighted by Crippen LogP contribution is 2.28. The number of carboxylic acids is 1. The summed E-state index contributed by atoms with van der Waals surface area (Å²) in [6.07, 6.45) is 0. The number of carbonyl (C=O) groups is 1. The molecule has 2 aromatic heterocycles. The van der Waals surface area contributed by atoms with Crippen molar-refractivity contribution >= 4 is 33.5 Å². The lowest BCUT2D eigenvalue weighted by Crippen LogP contribution is -2.07. The van der Waals surface area contributed by atoms with Gasteiger partial charge >= 0.3 is 5.97 Å². The molecule has 0 atom stereocenters. The third-order valence-electron chi connectivity index (χ3n) is 4.02. The fourth-order valence-corrected chi connectivity index (χ4v) is 2.89. The monoisotopic (exact) mass is 317 g/mol. The number of nitrogens with one attached hydrogen (secondary N) is 2. The Bertz CT molecular complexity index is 1040. The molecule has 5 nitrogen and oxygen atoms in total. The summed E-state index contributed by atoms with van der Waals surface area (Å²) in [6.45, 7) is 0.439. The van der Waals surface area contributed by atoms with Crippen LogP contribution in [0.4, 0.5) is 5.69 Å². The Kier molecular flexibility index (Phi) is 3.39. The molecule has 24 heavy (non-hydrogen) atoms. The summed E-state index contributed by atoms with van der Waals surface area (Å²) in [6, 6.07) is 19.2. The predicted octanol–water partition coefficient (Wildman–Crippen LogP) is 4.03. The number of H-pyrrole nitrogens is 1. The molecular weight excluding hydrogens is 302 g/mol. The van der Waals surface area contributed by atoms with Gasteiger partial charge in [-0.2, -0.15) is 0 Å². The molecule has 4 aromatic rings. The summed E-state index contributed by atoms with van der Waals surface area (Å²) in [5.74, 6) is -1.02. The molecule has 0 bridgehead atoms. The minimum Gasteiger partial charge on any atom is -0.477 e. The van der Waals surface area contributed by atoms with Crippen molar-refractivity contribution in [3.8, 4) is 0 Å². The van der Waals surface area contributed by atoms with Gasteiger partial charge < -0.3 is 15.4 Å². The van der Waals surface area contributed by atoms with E-state index in [2.05, 4.69) is 15.3 Å². The van der Waals surface area contributed by atoms with E-state index in [1.165, 1.54) is 0 Å². The number of nitrogens with zero attached hydrogens (tertiary/aromatic N) is 1. The van der Waals surface area contributed by atoms with Crippen LogP contribution in [0.5, 0.6) is 0 Å². The molecule has 4 rings (SSSR count). The van der Waals surface area contributed by atoms with Crippen LogP contribution in [0.15, 0.2) is 60.7 Å². The zero-order valence-corrected chi connectivity index (χ0v) is 12.8. The van der Waals surface area contributed by atoms with Crippen LogP contribution in [0, 0.1) is 0 Å². The smallest absolute Gasteiger partial charge is 0.354 e. The topological polar surface area (TPSA) is 78.0 Å². The highest BCUT2D eigenvalue weighted by atomic mass is 16.4. The standard InChI is InChI=1S/C19H15N3O2/c23-19(24)16-10-14-13-8-4-5-9-15(13)22-18(14)17(21-16)11-20-12-6-2-1-3-7-12/h1-10,20,22H,11H2,(H,23,24). The van der Waals surface area contributed by atoms with E-state index in [0.717, 1.165) is 27.5 Å². The van der Waals surface area contributed by atoms with E-state index in [9.17, 15) is 9.90 Å². The van der Waals surface area contributed by atoms with E-state index in [-0.39, 0.29) is 5.69 Å². The van der Waals surface area contributed by atoms with Gasteiger partial charge in [-0.25, -0.2) is 9.78 Å². The first kappa shape index (κ1) is 14.3. The second kappa shape index (κ2) is 5.70. The number of pyridine rings is 1. The molecule has 3 N–H and O–H groups in total. The Morgan fingerprint density at radius 3 is 2.58 bits per heavy atom. The average Bonchev–Trinajstić information content (AvgIpc) is 2.99. The molecule has 0 amide bonds. The third kappa shape index (κ3) is 2.46. The lowest BCUT2D eigenvalue weighted by atomic mass is 10.1. The number of aromatic carboxylic acids is 1. The minimum absolute atomic E-state index is 0.0529. The van der Waals surface area contributed by atoms with Gasteiger partial charge in [0.25, 0.3) is 0 Å². The fraction of sp³-hybridized carbons (Fsp3) is 0.0526. The summed E-state index contributed by atoms with van der Waals surface area (Å²) >= 11 is 0. The van der Waals surface area contributed by atoms with Crippen molar-refractivity contribution in [3.05, 3.63) is 72.1 Å². The summed E-state index contributed by atoms with van der Waals surface area (Å²) in [5, 5.41) is 14.5. The van der Waals surface area contributed by atoms with Gasteiger partial charge in [-0.15, -0.1) is 0 Å². The molecule has 0 spiro atoms. The van der Waals surface area contributed by atoms with Crippen molar-refractivity contribution in [2.24, 2.45) is 0 Å². The highest BCUT2D eigenvalue weighted by Gasteiger charge is 2.14. The number of para-hydroxylation sites is 2.